The Morgan fingerprint density at radius 3 is 2.40 bits per heavy atom. The number of carbonyl (C=O) groups excluding carboxylic acids is 2. The number of anilines is 1. The quantitative estimate of drug-likeness (QED) is 0.919. The van der Waals surface area contributed by atoms with Crippen LogP contribution in [0.25, 0.3) is 0 Å². The van der Waals surface area contributed by atoms with Crippen LogP contribution in [0.1, 0.15) is 28.5 Å². The Bertz CT molecular complexity index is 773. The molecule has 25 heavy (non-hydrogen) atoms. The monoisotopic (exact) mass is 351 g/mol. The van der Waals surface area contributed by atoms with E-state index in [0.29, 0.717) is 11.3 Å². The topological polar surface area (TPSA) is 62.3 Å². The standard InChI is InChI=1S/C17H16F3N3O2/c1-11(24)23(2)10-13-5-3-4-6-14(13)22-16(25)12-7-8-15(21-9-12)17(18,19)20/h3-9H,10H2,1-2H3,(H,22,25). The van der Waals surface area contributed by atoms with Gasteiger partial charge in [0.15, 0.2) is 0 Å². The zero-order chi connectivity index (χ0) is 18.6. The van der Waals surface area contributed by atoms with E-state index in [1.807, 2.05) is 0 Å². The highest BCUT2D eigenvalue weighted by Gasteiger charge is 2.32. The van der Waals surface area contributed by atoms with Gasteiger partial charge in [0.05, 0.1) is 5.56 Å². The molecule has 1 heterocycles. The first-order valence-electron chi connectivity index (χ1n) is 7.32. The number of alkyl halides is 3. The predicted octanol–water partition coefficient (Wildman–Crippen LogP) is 3.33. The number of para-hydroxylation sites is 1. The maximum absolute atomic E-state index is 12.5. The van der Waals surface area contributed by atoms with Crippen molar-refractivity contribution in [3.63, 3.8) is 0 Å². The number of amides is 2. The van der Waals surface area contributed by atoms with Gasteiger partial charge >= 0.3 is 6.18 Å². The van der Waals surface area contributed by atoms with Crippen molar-refractivity contribution in [1.29, 1.82) is 0 Å². The third-order valence-electron chi connectivity index (χ3n) is 3.53. The Morgan fingerprint density at radius 1 is 1.16 bits per heavy atom. The molecule has 2 amide bonds. The molecule has 0 radical (unpaired) electrons. The molecule has 0 atom stereocenters. The summed E-state index contributed by atoms with van der Waals surface area (Å²) in [4.78, 5) is 28.3. The molecular weight excluding hydrogens is 335 g/mol. The minimum absolute atomic E-state index is 0.00252. The lowest BCUT2D eigenvalue weighted by atomic mass is 10.1. The third kappa shape index (κ3) is 4.79. The molecule has 132 valence electrons. The normalized spacial score (nSPS) is 11.1. The first-order valence-corrected chi connectivity index (χ1v) is 7.32. The molecule has 0 aliphatic heterocycles. The molecule has 0 fully saturated rings. The fraction of sp³-hybridized carbons (Fsp3) is 0.235. The van der Waals surface area contributed by atoms with Gasteiger partial charge in [-0.05, 0) is 23.8 Å². The van der Waals surface area contributed by atoms with Gasteiger partial charge in [0.2, 0.25) is 5.91 Å². The minimum Gasteiger partial charge on any atom is -0.342 e. The fourth-order valence-electron chi connectivity index (χ4n) is 2.04. The van der Waals surface area contributed by atoms with Crippen molar-refractivity contribution in [2.45, 2.75) is 19.6 Å². The van der Waals surface area contributed by atoms with Crippen LogP contribution in [-0.2, 0) is 17.5 Å². The second-order valence-corrected chi connectivity index (χ2v) is 5.42. The number of carbonyl (C=O) groups is 2. The van der Waals surface area contributed by atoms with E-state index in [2.05, 4.69) is 10.3 Å². The lowest BCUT2D eigenvalue weighted by molar-refractivity contribution is -0.141. The summed E-state index contributed by atoms with van der Waals surface area (Å²) in [6.45, 7) is 1.71. The van der Waals surface area contributed by atoms with Crippen molar-refractivity contribution in [2.75, 3.05) is 12.4 Å². The summed E-state index contributed by atoms with van der Waals surface area (Å²) in [5, 5.41) is 2.63. The number of hydrogen-bond acceptors (Lipinski definition) is 3. The molecule has 0 saturated heterocycles. The predicted molar refractivity (Wildman–Crippen MR) is 85.8 cm³/mol. The number of nitrogens with zero attached hydrogens (tertiary/aromatic N) is 2. The van der Waals surface area contributed by atoms with Crippen molar-refractivity contribution >= 4 is 17.5 Å². The minimum atomic E-state index is -4.56. The largest absolute Gasteiger partial charge is 0.433 e. The van der Waals surface area contributed by atoms with E-state index in [-0.39, 0.29) is 18.0 Å². The highest BCUT2D eigenvalue weighted by molar-refractivity contribution is 6.04. The van der Waals surface area contributed by atoms with Crippen LogP contribution in [-0.4, -0.2) is 28.7 Å². The smallest absolute Gasteiger partial charge is 0.342 e. The number of halogens is 3. The van der Waals surface area contributed by atoms with Gasteiger partial charge in [-0.2, -0.15) is 13.2 Å². The van der Waals surface area contributed by atoms with Crippen LogP contribution in [0, 0.1) is 0 Å². The number of hydrogen-bond donors (Lipinski definition) is 1. The Labute approximate surface area is 142 Å². The number of aromatic nitrogens is 1. The van der Waals surface area contributed by atoms with Crippen molar-refractivity contribution in [1.82, 2.24) is 9.88 Å². The van der Waals surface area contributed by atoms with Gasteiger partial charge < -0.3 is 10.2 Å². The molecule has 1 N–H and O–H groups in total. The van der Waals surface area contributed by atoms with E-state index in [4.69, 9.17) is 0 Å². The molecule has 5 nitrogen and oxygen atoms in total. The summed E-state index contributed by atoms with van der Waals surface area (Å²) in [6.07, 6.45) is -3.68. The second kappa shape index (κ2) is 7.33. The van der Waals surface area contributed by atoms with E-state index >= 15 is 0 Å². The molecule has 8 heteroatoms. The molecule has 2 rings (SSSR count). The van der Waals surface area contributed by atoms with Gasteiger partial charge in [0, 0.05) is 32.4 Å². The van der Waals surface area contributed by atoms with E-state index in [0.717, 1.165) is 18.3 Å². The van der Waals surface area contributed by atoms with Gasteiger partial charge in [-0.3, -0.25) is 14.6 Å². The summed E-state index contributed by atoms with van der Waals surface area (Å²) in [6, 6.07) is 8.69. The summed E-state index contributed by atoms with van der Waals surface area (Å²) >= 11 is 0. The summed E-state index contributed by atoms with van der Waals surface area (Å²) in [5.41, 5.74) is 0.115. The van der Waals surface area contributed by atoms with Crippen LogP contribution < -0.4 is 5.32 Å². The van der Waals surface area contributed by atoms with Gasteiger partial charge in [-0.15, -0.1) is 0 Å². The van der Waals surface area contributed by atoms with E-state index < -0.39 is 17.8 Å². The fourth-order valence-corrected chi connectivity index (χ4v) is 2.04. The first-order chi connectivity index (χ1) is 11.7. The highest BCUT2D eigenvalue weighted by atomic mass is 19.4. The molecule has 0 aliphatic carbocycles. The molecule has 0 spiro atoms. The number of benzene rings is 1. The number of rotatable bonds is 4. The Kier molecular flexibility index (Phi) is 5.41. The number of pyridine rings is 1. The second-order valence-electron chi connectivity index (χ2n) is 5.42. The molecule has 2 aromatic rings. The Morgan fingerprint density at radius 2 is 1.84 bits per heavy atom. The molecule has 0 bridgehead atoms. The average Bonchev–Trinajstić information content (AvgIpc) is 2.55. The van der Waals surface area contributed by atoms with Gasteiger partial charge in [-0.1, -0.05) is 18.2 Å². The lowest BCUT2D eigenvalue weighted by Crippen LogP contribution is -2.24. The van der Waals surface area contributed by atoms with Gasteiger partial charge in [0.25, 0.3) is 5.91 Å². The zero-order valence-electron chi connectivity index (χ0n) is 13.6. The van der Waals surface area contributed by atoms with Crippen molar-refractivity contribution in [3.8, 4) is 0 Å². The molecule has 0 aliphatic rings. The highest BCUT2D eigenvalue weighted by Crippen LogP contribution is 2.27. The van der Waals surface area contributed by atoms with Crippen LogP contribution in [0.15, 0.2) is 42.6 Å². The third-order valence-corrected chi connectivity index (χ3v) is 3.53. The maximum Gasteiger partial charge on any atom is 0.433 e. The van der Waals surface area contributed by atoms with E-state index in [1.165, 1.54) is 11.8 Å². The van der Waals surface area contributed by atoms with Crippen LogP contribution in [0.4, 0.5) is 18.9 Å². The van der Waals surface area contributed by atoms with Gasteiger partial charge in [-0.25, -0.2) is 0 Å². The van der Waals surface area contributed by atoms with Crippen molar-refractivity contribution < 1.29 is 22.8 Å². The molecular formula is C17H16F3N3O2. The van der Waals surface area contributed by atoms with Gasteiger partial charge in [0.1, 0.15) is 5.69 Å². The first kappa shape index (κ1) is 18.4. The Hall–Kier alpha value is -2.90. The molecule has 0 saturated carbocycles. The van der Waals surface area contributed by atoms with Crippen LogP contribution >= 0.6 is 0 Å². The summed E-state index contributed by atoms with van der Waals surface area (Å²) < 4.78 is 37.5. The van der Waals surface area contributed by atoms with Crippen LogP contribution in [0.3, 0.4) is 0 Å². The van der Waals surface area contributed by atoms with Crippen LogP contribution in [0.5, 0.6) is 0 Å². The Balaban J connectivity index is 2.17. The SMILES string of the molecule is CC(=O)N(C)Cc1ccccc1NC(=O)c1ccc(C(F)(F)F)nc1. The lowest BCUT2D eigenvalue weighted by Gasteiger charge is -2.18. The summed E-state index contributed by atoms with van der Waals surface area (Å²) in [7, 11) is 1.63. The molecule has 1 aromatic carbocycles. The van der Waals surface area contributed by atoms with Crippen molar-refractivity contribution in [3.05, 3.63) is 59.4 Å². The van der Waals surface area contributed by atoms with Crippen molar-refractivity contribution in [2.24, 2.45) is 0 Å². The zero-order valence-corrected chi connectivity index (χ0v) is 13.6. The number of nitrogens with one attached hydrogen (secondary N) is 1. The molecule has 1 aromatic heterocycles. The molecule has 0 unspecified atom stereocenters. The van der Waals surface area contributed by atoms with E-state index in [1.54, 1.807) is 31.3 Å². The average molecular weight is 351 g/mol. The maximum atomic E-state index is 12.5. The van der Waals surface area contributed by atoms with Crippen LogP contribution in [0.2, 0.25) is 0 Å². The van der Waals surface area contributed by atoms with E-state index in [9.17, 15) is 22.8 Å². The summed E-state index contributed by atoms with van der Waals surface area (Å²) in [5.74, 6) is -0.716.